The molecule has 1 aliphatic rings. The number of hydrogen-bond donors (Lipinski definition) is 1. The third kappa shape index (κ3) is 3.45. The van der Waals surface area contributed by atoms with Crippen molar-refractivity contribution in [2.45, 2.75) is 31.9 Å². The van der Waals surface area contributed by atoms with Crippen LogP contribution in [0.25, 0.3) is 0 Å². The van der Waals surface area contributed by atoms with Crippen LogP contribution in [0.3, 0.4) is 0 Å². The van der Waals surface area contributed by atoms with Crippen LogP contribution in [0, 0.1) is 0 Å². The van der Waals surface area contributed by atoms with Gasteiger partial charge in [-0.2, -0.15) is 0 Å². The van der Waals surface area contributed by atoms with Gasteiger partial charge in [-0.1, -0.05) is 18.2 Å². The maximum atomic E-state index is 6.05. The molecule has 1 N–H and O–H groups in total. The minimum atomic E-state index is -0.200. The van der Waals surface area contributed by atoms with E-state index in [1.54, 1.807) is 0 Å². The molecule has 1 aliphatic heterocycles. The van der Waals surface area contributed by atoms with Gasteiger partial charge in [0.05, 0.1) is 13.2 Å². The zero-order chi connectivity index (χ0) is 12.4. The predicted octanol–water partition coefficient (Wildman–Crippen LogP) is 2.22. The molecule has 1 aromatic rings. The van der Waals surface area contributed by atoms with Gasteiger partial charge >= 0.3 is 0 Å². The van der Waals surface area contributed by atoms with Crippen molar-refractivity contribution in [2.24, 2.45) is 0 Å². The number of ether oxygens (including phenoxy) is 2. The fourth-order valence-electron chi connectivity index (χ4n) is 1.69. The summed E-state index contributed by atoms with van der Waals surface area (Å²) >= 11 is 0. The SMILES string of the molecule is CC(C)(C)NCC1(Oc2ccccc2)COC1. The number of hydrogen-bond acceptors (Lipinski definition) is 3. The Labute approximate surface area is 103 Å². The van der Waals surface area contributed by atoms with E-state index in [-0.39, 0.29) is 11.1 Å². The van der Waals surface area contributed by atoms with Crippen LogP contribution >= 0.6 is 0 Å². The van der Waals surface area contributed by atoms with E-state index >= 15 is 0 Å². The van der Waals surface area contributed by atoms with Gasteiger partial charge in [0.2, 0.25) is 0 Å². The molecule has 0 bridgehead atoms. The molecule has 0 radical (unpaired) electrons. The molecule has 0 aliphatic carbocycles. The number of benzene rings is 1. The van der Waals surface area contributed by atoms with Crippen molar-refractivity contribution < 1.29 is 9.47 Å². The Morgan fingerprint density at radius 2 is 1.88 bits per heavy atom. The second kappa shape index (κ2) is 4.67. The molecule has 0 atom stereocenters. The zero-order valence-corrected chi connectivity index (χ0v) is 10.8. The van der Waals surface area contributed by atoms with E-state index in [0.29, 0.717) is 13.2 Å². The Morgan fingerprint density at radius 3 is 2.35 bits per heavy atom. The number of rotatable bonds is 4. The average Bonchev–Trinajstić information content (AvgIpc) is 2.22. The first-order valence-electron chi connectivity index (χ1n) is 6.06. The van der Waals surface area contributed by atoms with Crippen LogP contribution in [0.15, 0.2) is 30.3 Å². The van der Waals surface area contributed by atoms with Gasteiger partial charge in [0, 0.05) is 12.1 Å². The molecule has 0 amide bonds. The van der Waals surface area contributed by atoms with Gasteiger partial charge in [0.1, 0.15) is 5.75 Å². The van der Waals surface area contributed by atoms with E-state index in [9.17, 15) is 0 Å². The molecule has 3 heteroatoms. The summed E-state index contributed by atoms with van der Waals surface area (Å²) in [7, 11) is 0. The summed E-state index contributed by atoms with van der Waals surface area (Å²) in [6.45, 7) is 8.59. The predicted molar refractivity (Wildman–Crippen MR) is 68.4 cm³/mol. The molecule has 1 heterocycles. The summed E-state index contributed by atoms with van der Waals surface area (Å²) in [5.41, 5.74) is -0.0999. The second-order valence-electron chi connectivity index (χ2n) is 5.69. The number of para-hydroxylation sites is 1. The molecule has 2 rings (SSSR count). The first-order chi connectivity index (χ1) is 7.99. The summed E-state index contributed by atoms with van der Waals surface area (Å²) < 4.78 is 11.4. The van der Waals surface area contributed by atoms with Crippen LogP contribution in [0.5, 0.6) is 5.75 Å². The van der Waals surface area contributed by atoms with E-state index in [1.165, 1.54) is 0 Å². The van der Waals surface area contributed by atoms with Crippen LogP contribution in [-0.2, 0) is 4.74 Å². The highest BCUT2D eigenvalue weighted by atomic mass is 16.6. The molecular weight excluding hydrogens is 214 g/mol. The molecule has 1 saturated heterocycles. The van der Waals surface area contributed by atoms with Gasteiger partial charge in [-0.25, -0.2) is 0 Å². The number of nitrogens with one attached hydrogen (secondary N) is 1. The van der Waals surface area contributed by atoms with Crippen molar-refractivity contribution in [3.63, 3.8) is 0 Å². The molecule has 0 saturated carbocycles. The van der Waals surface area contributed by atoms with Gasteiger partial charge in [0.25, 0.3) is 0 Å². The lowest BCUT2D eigenvalue weighted by atomic mass is 9.99. The van der Waals surface area contributed by atoms with Crippen molar-refractivity contribution in [2.75, 3.05) is 19.8 Å². The fraction of sp³-hybridized carbons (Fsp3) is 0.571. The van der Waals surface area contributed by atoms with E-state index in [1.807, 2.05) is 30.3 Å². The lowest BCUT2D eigenvalue weighted by molar-refractivity contribution is -0.160. The summed E-state index contributed by atoms with van der Waals surface area (Å²) in [5.74, 6) is 0.909. The minimum Gasteiger partial charge on any atom is -0.481 e. The fourth-order valence-corrected chi connectivity index (χ4v) is 1.69. The Bertz CT molecular complexity index is 352. The Kier molecular flexibility index (Phi) is 3.40. The van der Waals surface area contributed by atoms with Crippen LogP contribution in [0.4, 0.5) is 0 Å². The summed E-state index contributed by atoms with van der Waals surface area (Å²) in [4.78, 5) is 0. The Morgan fingerprint density at radius 1 is 1.24 bits per heavy atom. The Balaban J connectivity index is 1.96. The van der Waals surface area contributed by atoms with Gasteiger partial charge in [-0.3, -0.25) is 0 Å². The molecule has 17 heavy (non-hydrogen) atoms. The van der Waals surface area contributed by atoms with E-state index in [4.69, 9.17) is 9.47 Å². The van der Waals surface area contributed by atoms with Gasteiger partial charge in [0.15, 0.2) is 5.60 Å². The summed E-state index contributed by atoms with van der Waals surface area (Å²) in [5, 5.41) is 3.48. The van der Waals surface area contributed by atoms with Crippen molar-refractivity contribution in [1.29, 1.82) is 0 Å². The van der Waals surface area contributed by atoms with Crippen LogP contribution in [0.2, 0.25) is 0 Å². The van der Waals surface area contributed by atoms with E-state index in [2.05, 4.69) is 26.1 Å². The summed E-state index contributed by atoms with van der Waals surface area (Å²) in [6.07, 6.45) is 0. The first-order valence-corrected chi connectivity index (χ1v) is 6.06. The van der Waals surface area contributed by atoms with Crippen LogP contribution in [0.1, 0.15) is 20.8 Å². The molecule has 0 aromatic heterocycles. The Hall–Kier alpha value is -1.06. The van der Waals surface area contributed by atoms with Crippen LogP contribution in [-0.4, -0.2) is 30.9 Å². The molecule has 3 nitrogen and oxygen atoms in total. The molecule has 0 unspecified atom stereocenters. The molecule has 1 fully saturated rings. The average molecular weight is 235 g/mol. The maximum Gasteiger partial charge on any atom is 0.167 e. The maximum absolute atomic E-state index is 6.05. The highest BCUT2D eigenvalue weighted by molar-refractivity contribution is 5.22. The highest BCUT2D eigenvalue weighted by Crippen LogP contribution is 2.25. The molecule has 0 spiro atoms. The van der Waals surface area contributed by atoms with Crippen molar-refractivity contribution in [3.05, 3.63) is 30.3 Å². The topological polar surface area (TPSA) is 30.5 Å². The van der Waals surface area contributed by atoms with Gasteiger partial charge in [-0.15, -0.1) is 0 Å². The zero-order valence-electron chi connectivity index (χ0n) is 10.8. The van der Waals surface area contributed by atoms with Crippen molar-refractivity contribution >= 4 is 0 Å². The second-order valence-corrected chi connectivity index (χ2v) is 5.69. The quantitative estimate of drug-likeness (QED) is 0.868. The van der Waals surface area contributed by atoms with Crippen molar-refractivity contribution in [3.8, 4) is 5.75 Å². The summed E-state index contributed by atoms with van der Waals surface area (Å²) in [6, 6.07) is 9.93. The van der Waals surface area contributed by atoms with Crippen LogP contribution < -0.4 is 10.1 Å². The van der Waals surface area contributed by atoms with E-state index < -0.39 is 0 Å². The third-order valence-corrected chi connectivity index (χ3v) is 2.75. The van der Waals surface area contributed by atoms with Gasteiger partial charge in [-0.05, 0) is 32.9 Å². The highest BCUT2D eigenvalue weighted by Gasteiger charge is 2.41. The molecule has 94 valence electrons. The van der Waals surface area contributed by atoms with Gasteiger partial charge < -0.3 is 14.8 Å². The molecular formula is C14H21NO2. The third-order valence-electron chi connectivity index (χ3n) is 2.75. The van der Waals surface area contributed by atoms with Crippen molar-refractivity contribution in [1.82, 2.24) is 5.32 Å². The monoisotopic (exact) mass is 235 g/mol. The lowest BCUT2D eigenvalue weighted by Crippen LogP contribution is -2.62. The van der Waals surface area contributed by atoms with E-state index in [0.717, 1.165) is 12.3 Å². The normalized spacial score (nSPS) is 18.5. The first kappa shape index (κ1) is 12.4. The minimum absolute atomic E-state index is 0.0998. The standard InChI is InChI=1S/C14H21NO2/c1-13(2,3)15-9-14(10-16-11-14)17-12-7-5-4-6-8-12/h4-8,15H,9-11H2,1-3H3. The lowest BCUT2D eigenvalue weighted by Gasteiger charge is -2.43. The largest absolute Gasteiger partial charge is 0.481 e. The smallest absolute Gasteiger partial charge is 0.167 e. The molecule has 1 aromatic carbocycles.